The quantitative estimate of drug-likeness (QED) is 0.778. The van der Waals surface area contributed by atoms with Gasteiger partial charge in [-0.05, 0) is 45.4 Å². The summed E-state index contributed by atoms with van der Waals surface area (Å²) in [6, 6.07) is 2.94. The van der Waals surface area contributed by atoms with E-state index in [-0.39, 0.29) is 23.6 Å². The fourth-order valence-corrected chi connectivity index (χ4v) is 4.18. The van der Waals surface area contributed by atoms with E-state index in [1.165, 1.54) is 24.5 Å². The number of anilines is 2. The average Bonchev–Trinajstić information content (AvgIpc) is 3.09. The summed E-state index contributed by atoms with van der Waals surface area (Å²) in [5.41, 5.74) is -0.772. The molecule has 0 bridgehead atoms. The van der Waals surface area contributed by atoms with E-state index >= 15 is 0 Å². The molecule has 2 aromatic heterocycles. The van der Waals surface area contributed by atoms with Crippen LogP contribution in [0.5, 0.6) is 0 Å². The summed E-state index contributed by atoms with van der Waals surface area (Å²) in [5.74, 6) is -0.231. The molecule has 0 amide bonds. The number of nitrogens with zero attached hydrogens (tertiary/aromatic N) is 2. The highest BCUT2D eigenvalue weighted by Crippen LogP contribution is 2.40. The number of halogens is 1. The molecule has 26 heavy (non-hydrogen) atoms. The topological polar surface area (TPSA) is 76.1 Å². The smallest absolute Gasteiger partial charge is 0.312 e. The Morgan fingerprint density at radius 1 is 1.46 bits per heavy atom. The van der Waals surface area contributed by atoms with Gasteiger partial charge in [-0.2, -0.15) is 0 Å². The maximum absolute atomic E-state index is 14.5. The standard InChI is InChI=1S/C18H23FN4O2S/c1-17(2)11-18(6-7-21-17,15(24)25-3)10-13-12(19)4-5-14(22-13)23-16-20-8-9-26-16/h4-5,8-9,21H,6-7,10-11H2,1-3H3,(H,20,22,23). The Morgan fingerprint density at radius 2 is 2.27 bits per heavy atom. The Labute approximate surface area is 156 Å². The van der Waals surface area contributed by atoms with Gasteiger partial charge >= 0.3 is 5.97 Å². The van der Waals surface area contributed by atoms with Crippen LogP contribution in [0.15, 0.2) is 23.7 Å². The average molecular weight is 378 g/mol. The van der Waals surface area contributed by atoms with E-state index in [0.29, 0.717) is 30.3 Å². The van der Waals surface area contributed by atoms with Gasteiger partial charge in [0.25, 0.3) is 0 Å². The fourth-order valence-electron chi connectivity index (χ4n) is 3.64. The van der Waals surface area contributed by atoms with Gasteiger partial charge in [0.15, 0.2) is 5.13 Å². The molecule has 0 spiro atoms. The van der Waals surface area contributed by atoms with Gasteiger partial charge < -0.3 is 15.4 Å². The van der Waals surface area contributed by atoms with Crippen LogP contribution in [0.1, 0.15) is 32.4 Å². The van der Waals surface area contributed by atoms with Crippen LogP contribution in [0.2, 0.25) is 0 Å². The molecule has 1 fully saturated rings. The number of rotatable bonds is 5. The zero-order valence-corrected chi connectivity index (χ0v) is 16.0. The van der Waals surface area contributed by atoms with Crippen molar-refractivity contribution >= 4 is 28.3 Å². The van der Waals surface area contributed by atoms with Crippen LogP contribution in [0.25, 0.3) is 0 Å². The Bertz CT molecular complexity index is 782. The van der Waals surface area contributed by atoms with Crippen molar-refractivity contribution in [2.75, 3.05) is 19.0 Å². The van der Waals surface area contributed by atoms with Gasteiger partial charge in [0.1, 0.15) is 11.6 Å². The zero-order valence-electron chi connectivity index (χ0n) is 15.1. The molecule has 3 rings (SSSR count). The molecule has 1 saturated heterocycles. The molecule has 0 saturated carbocycles. The van der Waals surface area contributed by atoms with Crippen molar-refractivity contribution in [3.8, 4) is 0 Å². The lowest BCUT2D eigenvalue weighted by Gasteiger charge is -2.43. The van der Waals surface area contributed by atoms with Gasteiger partial charge in [0, 0.05) is 23.5 Å². The highest BCUT2D eigenvalue weighted by Gasteiger charge is 2.47. The number of thiazole rings is 1. The molecular formula is C18H23FN4O2S. The lowest BCUT2D eigenvalue weighted by molar-refractivity contribution is -0.156. The van der Waals surface area contributed by atoms with Gasteiger partial charge in [0.05, 0.1) is 18.2 Å². The number of hydrogen-bond acceptors (Lipinski definition) is 7. The van der Waals surface area contributed by atoms with Crippen LogP contribution in [0, 0.1) is 11.2 Å². The fraction of sp³-hybridized carbons (Fsp3) is 0.500. The monoisotopic (exact) mass is 378 g/mol. The Hall–Kier alpha value is -2.06. The first-order valence-corrected chi connectivity index (χ1v) is 9.37. The number of methoxy groups -OCH3 is 1. The van der Waals surface area contributed by atoms with E-state index in [1.54, 1.807) is 12.3 Å². The second-order valence-electron chi connectivity index (χ2n) is 7.27. The first-order valence-electron chi connectivity index (χ1n) is 8.49. The molecule has 0 radical (unpaired) electrons. The van der Waals surface area contributed by atoms with Crippen molar-refractivity contribution in [3.05, 3.63) is 35.2 Å². The third kappa shape index (κ3) is 4.02. The van der Waals surface area contributed by atoms with Gasteiger partial charge in [-0.3, -0.25) is 4.79 Å². The van der Waals surface area contributed by atoms with E-state index in [2.05, 4.69) is 20.6 Å². The summed E-state index contributed by atoms with van der Waals surface area (Å²) in [6.07, 6.45) is 3.01. The molecule has 6 nitrogen and oxygen atoms in total. The molecule has 0 aliphatic carbocycles. The van der Waals surface area contributed by atoms with Crippen LogP contribution < -0.4 is 10.6 Å². The highest BCUT2D eigenvalue weighted by atomic mass is 32.1. The number of carbonyl (C=O) groups is 1. The molecule has 0 aromatic carbocycles. The normalized spacial score (nSPS) is 22.0. The number of carbonyl (C=O) groups excluding carboxylic acids is 1. The Balaban J connectivity index is 1.90. The minimum absolute atomic E-state index is 0.198. The van der Waals surface area contributed by atoms with Crippen molar-refractivity contribution in [1.82, 2.24) is 15.3 Å². The maximum Gasteiger partial charge on any atom is 0.312 e. The van der Waals surface area contributed by atoms with Gasteiger partial charge in [-0.1, -0.05) is 0 Å². The van der Waals surface area contributed by atoms with Crippen molar-refractivity contribution in [2.24, 2.45) is 5.41 Å². The highest BCUT2D eigenvalue weighted by molar-refractivity contribution is 7.13. The second-order valence-corrected chi connectivity index (χ2v) is 8.17. The number of piperidine rings is 1. The summed E-state index contributed by atoms with van der Waals surface area (Å²) in [7, 11) is 1.38. The number of hydrogen-bond donors (Lipinski definition) is 2. The number of pyridine rings is 1. The van der Waals surface area contributed by atoms with Gasteiger partial charge in [0.2, 0.25) is 0 Å². The molecule has 1 unspecified atom stereocenters. The van der Waals surface area contributed by atoms with Gasteiger partial charge in [-0.15, -0.1) is 11.3 Å². The third-order valence-corrected chi connectivity index (χ3v) is 5.39. The largest absolute Gasteiger partial charge is 0.469 e. The van der Waals surface area contributed by atoms with Crippen LogP contribution in [0.3, 0.4) is 0 Å². The minimum Gasteiger partial charge on any atom is -0.469 e. The number of aromatic nitrogens is 2. The predicted octanol–water partition coefficient (Wildman–Crippen LogP) is 3.28. The van der Waals surface area contributed by atoms with E-state index < -0.39 is 11.2 Å². The maximum atomic E-state index is 14.5. The molecule has 1 aliphatic heterocycles. The Morgan fingerprint density at radius 3 is 2.92 bits per heavy atom. The summed E-state index contributed by atoms with van der Waals surface area (Å²) in [5, 5.41) is 8.98. The summed E-state index contributed by atoms with van der Waals surface area (Å²) in [4.78, 5) is 21.2. The summed E-state index contributed by atoms with van der Waals surface area (Å²) in [6.45, 7) is 4.74. The van der Waals surface area contributed by atoms with E-state index in [9.17, 15) is 9.18 Å². The molecule has 1 aliphatic rings. The Kier molecular flexibility index (Phi) is 5.24. The summed E-state index contributed by atoms with van der Waals surface area (Å²) >= 11 is 1.43. The molecule has 140 valence electrons. The number of esters is 1. The van der Waals surface area contributed by atoms with E-state index in [1.807, 2.05) is 19.2 Å². The van der Waals surface area contributed by atoms with Gasteiger partial charge in [-0.25, -0.2) is 14.4 Å². The lowest BCUT2D eigenvalue weighted by atomic mass is 9.69. The first kappa shape index (κ1) is 18.7. The third-order valence-electron chi connectivity index (χ3n) is 4.70. The van der Waals surface area contributed by atoms with Crippen LogP contribution >= 0.6 is 11.3 Å². The number of nitrogens with one attached hydrogen (secondary N) is 2. The first-order chi connectivity index (χ1) is 12.3. The van der Waals surface area contributed by atoms with Crippen molar-refractivity contribution in [3.63, 3.8) is 0 Å². The summed E-state index contributed by atoms with van der Waals surface area (Å²) < 4.78 is 19.5. The SMILES string of the molecule is COC(=O)C1(Cc2nc(Nc3nccs3)ccc2F)CCNC(C)(C)C1. The minimum atomic E-state index is -0.794. The predicted molar refractivity (Wildman–Crippen MR) is 99.1 cm³/mol. The molecule has 3 heterocycles. The van der Waals surface area contributed by atoms with E-state index in [0.717, 1.165) is 0 Å². The molecule has 1 atom stereocenters. The van der Waals surface area contributed by atoms with Crippen LogP contribution in [-0.4, -0.2) is 35.1 Å². The van der Waals surface area contributed by atoms with Crippen LogP contribution in [0.4, 0.5) is 15.3 Å². The zero-order chi connectivity index (χ0) is 18.8. The lowest BCUT2D eigenvalue weighted by Crippen LogP contribution is -2.54. The molecule has 2 N–H and O–H groups in total. The van der Waals surface area contributed by atoms with Crippen molar-refractivity contribution < 1.29 is 13.9 Å². The molecular weight excluding hydrogens is 355 g/mol. The van der Waals surface area contributed by atoms with Crippen LogP contribution in [-0.2, 0) is 16.0 Å². The number of ether oxygens (including phenoxy) is 1. The van der Waals surface area contributed by atoms with E-state index in [4.69, 9.17) is 4.74 Å². The molecule has 8 heteroatoms. The van der Waals surface area contributed by atoms with Crippen molar-refractivity contribution in [2.45, 2.75) is 38.6 Å². The second kappa shape index (κ2) is 7.28. The molecule has 2 aromatic rings. The van der Waals surface area contributed by atoms with Crippen molar-refractivity contribution in [1.29, 1.82) is 0 Å².